The van der Waals surface area contributed by atoms with Crippen LogP contribution >= 0.6 is 0 Å². The Kier molecular flexibility index (Phi) is 4.08. The van der Waals surface area contributed by atoms with Crippen molar-refractivity contribution in [2.24, 2.45) is 0 Å². The summed E-state index contributed by atoms with van der Waals surface area (Å²) in [5, 5.41) is 12.9. The molecule has 0 spiro atoms. The molecule has 8 nitrogen and oxygen atoms in total. The summed E-state index contributed by atoms with van der Waals surface area (Å²) in [4.78, 5) is 14.1. The molecule has 1 aliphatic heterocycles. The van der Waals surface area contributed by atoms with Gasteiger partial charge in [0.2, 0.25) is 0 Å². The second-order valence-electron chi connectivity index (χ2n) is 6.80. The number of aryl methyl sites for hydroxylation is 1. The molecule has 1 fully saturated rings. The zero-order valence-corrected chi connectivity index (χ0v) is 15.6. The van der Waals surface area contributed by atoms with Crippen LogP contribution in [0.3, 0.4) is 0 Å². The number of rotatable bonds is 3. The van der Waals surface area contributed by atoms with E-state index in [-0.39, 0.29) is 0 Å². The maximum absolute atomic E-state index is 4.84. The average molecular weight is 372 g/mol. The third-order valence-corrected chi connectivity index (χ3v) is 5.00. The Hall–Kier alpha value is -3.55. The molecule has 0 amide bonds. The minimum Gasteiger partial charge on any atom is -0.352 e. The molecule has 1 aliphatic rings. The molecule has 1 aromatic carbocycles. The number of fused-ring (bicyclic) bond motifs is 1. The summed E-state index contributed by atoms with van der Waals surface area (Å²) < 4.78 is 1.70. The average Bonchev–Trinajstić information content (AvgIpc) is 3.28. The number of nitrogens with zero attached hydrogens (tertiary/aromatic N) is 8. The predicted molar refractivity (Wildman–Crippen MR) is 108 cm³/mol. The lowest BCUT2D eigenvalue weighted by Gasteiger charge is -2.36. The molecule has 0 atom stereocenters. The van der Waals surface area contributed by atoms with Crippen LogP contribution in [-0.4, -0.2) is 56.1 Å². The van der Waals surface area contributed by atoms with Crippen LogP contribution in [-0.2, 0) is 0 Å². The SMILES string of the molecule is Cc1nc2ccccc2nc1N1CCN(c2ccc(-n3cccn3)nn2)CC1. The van der Waals surface area contributed by atoms with Gasteiger partial charge < -0.3 is 9.80 Å². The van der Waals surface area contributed by atoms with Gasteiger partial charge in [0.05, 0.1) is 16.7 Å². The first-order chi connectivity index (χ1) is 13.8. The van der Waals surface area contributed by atoms with E-state index in [1.165, 1.54) is 0 Å². The number of para-hydroxylation sites is 2. The highest BCUT2D eigenvalue weighted by Gasteiger charge is 2.21. The fraction of sp³-hybridized carbons (Fsp3) is 0.250. The van der Waals surface area contributed by atoms with Crippen molar-refractivity contribution in [3.05, 3.63) is 60.6 Å². The lowest BCUT2D eigenvalue weighted by atomic mass is 10.2. The van der Waals surface area contributed by atoms with Gasteiger partial charge >= 0.3 is 0 Å². The molecule has 0 aliphatic carbocycles. The zero-order valence-electron chi connectivity index (χ0n) is 15.6. The van der Waals surface area contributed by atoms with Gasteiger partial charge in [0.1, 0.15) is 0 Å². The highest BCUT2D eigenvalue weighted by Crippen LogP contribution is 2.22. The van der Waals surface area contributed by atoms with Gasteiger partial charge in [0.15, 0.2) is 17.5 Å². The van der Waals surface area contributed by atoms with Gasteiger partial charge in [-0.3, -0.25) is 0 Å². The number of anilines is 2. The molecular weight excluding hydrogens is 352 g/mol. The van der Waals surface area contributed by atoms with Crippen molar-refractivity contribution in [3.8, 4) is 5.82 Å². The van der Waals surface area contributed by atoms with Gasteiger partial charge in [-0.05, 0) is 37.3 Å². The third-order valence-electron chi connectivity index (χ3n) is 5.00. The monoisotopic (exact) mass is 372 g/mol. The first-order valence-corrected chi connectivity index (χ1v) is 9.35. The van der Waals surface area contributed by atoms with E-state index in [0.717, 1.165) is 60.4 Å². The van der Waals surface area contributed by atoms with E-state index >= 15 is 0 Å². The van der Waals surface area contributed by atoms with Crippen LogP contribution in [0, 0.1) is 6.92 Å². The number of benzene rings is 1. The topological polar surface area (TPSA) is 75.9 Å². The van der Waals surface area contributed by atoms with Crippen molar-refractivity contribution >= 4 is 22.7 Å². The highest BCUT2D eigenvalue weighted by atomic mass is 15.4. The second-order valence-corrected chi connectivity index (χ2v) is 6.80. The Balaban J connectivity index is 1.30. The fourth-order valence-electron chi connectivity index (χ4n) is 3.54. The van der Waals surface area contributed by atoms with Gasteiger partial charge in [-0.25, -0.2) is 14.6 Å². The molecule has 0 saturated carbocycles. The van der Waals surface area contributed by atoms with Crippen LogP contribution in [0.4, 0.5) is 11.6 Å². The molecule has 4 heterocycles. The Morgan fingerprint density at radius 3 is 2.11 bits per heavy atom. The fourth-order valence-corrected chi connectivity index (χ4v) is 3.54. The van der Waals surface area contributed by atoms with Crippen molar-refractivity contribution in [2.45, 2.75) is 6.92 Å². The minimum atomic E-state index is 0.717. The second kappa shape index (κ2) is 6.88. The van der Waals surface area contributed by atoms with Crippen LogP contribution in [0.15, 0.2) is 54.9 Å². The molecule has 3 aromatic heterocycles. The number of hydrogen-bond donors (Lipinski definition) is 0. The molecule has 1 saturated heterocycles. The van der Waals surface area contributed by atoms with E-state index < -0.39 is 0 Å². The van der Waals surface area contributed by atoms with Crippen LogP contribution in [0.25, 0.3) is 16.9 Å². The Morgan fingerprint density at radius 1 is 0.750 bits per heavy atom. The maximum Gasteiger partial charge on any atom is 0.175 e. The molecule has 0 bridgehead atoms. The first kappa shape index (κ1) is 16.6. The lowest BCUT2D eigenvalue weighted by molar-refractivity contribution is 0.635. The van der Waals surface area contributed by atoms with Crippen LogP contribution in [0.1, 0.15) is 5.69 Å². The molecule has 8 heteroatoms. The van der Waals surface area contributed by atoms with Crippen molar-refractivity contribution in [3.63, 3.8) is 0 Å². The minimum absolute atomic E-state index is 0.717. The van der Waals surface area contributed by atoms with E-state index in [1.54, 1.807) is 10.9 Å². The quantitative estimate of drug-likeness (QED) is 0.546. The van der Waals surface area contributed by atoms with Crippen molar-refractivity contribution in [1.82, 2.24) is 29.9 Å². The first-order valence-electron chi connectivity index (χ1n) is 9.35. The summed E-state index contributed by atoms with van der Waals surface area (Å²) >= 11 is 0. The number of piperazine rings is 1. The summed E-state index contributed by atoms with van der Waals surface area (Å²) in [7, 11) is 0. The molecule has 4 aromatic rings. The lowest BCUT2D eigenvalue weighted by Crippen LogP contribution is -2.47. The molecule has 28 heavy (non-hydrogen) atoms. The largest absolute Gasteiger partial charge is 0.352 e. The number of hydrogen-bond acceptors (Lipinski definition) is 7. The molecule has 140 valence electrons. The van der Waals surface area contributed by atoms with Crippen molar-refractivity contribution in [1.29, 1.82) is 0 Å². The Labute approximate surface area is 162 Å². The summed E-state index contributed by atoms with van der Waals surface area (Å²) in [6.07, 6.45) is 3.59. The van der Waals surface area contributed by atoms with E-state index in [0.29, 0.717) is 0 Å². The third kappa shape index (κ3) is 3.02. The molecule has 5 rings (SSSR count). The van der Waals surface area contributed by atoms with Gasteiger partial charge in [0, 0.05) is 38.6 Å². The van der Waals surface area contributed by atoms with Crippen LogP contribution in [0.2, 0.25) is 0 Å². The Bertz CT molecular complexity index is 1080. The molecule has 0 radical (unpaired) electrons. The van der Waals surface area contributed by atoms with Gasteiger partial charge in [-0.2, -0.15) is 5.10 Å². The zero-order chi connectivity index (χ0) is 18.9. The number of aromatic nitrogens is 6. The smallest absolute Gasteiger partial charge is 0.175 e. The standard InChI is InChI=1S/C20H20N8/c1-15-20(23-17-6-3-2-5-16(17)22-15)27-13-11-26(12-14-27)18-7-8-19(25-24-18)28-10-4-9-21-28/h2-10H,11-14H2,1H3. The molecular formula is C20H20N8. The van der Waals surface area contributed by atoms with E-state index in [1.807, 2.05) is 55.6 Å². The van der Waals surface area contributed by atoms with Gasteiger partial charge in [-0.1, -0.05) is 12.1 Å². The predicted octanol–water partition coefficient (Wildman–Crippen LogP) is 2.24. The summed E-state index contributed by atoms with van der Waals surface area (Å²) in [6.45, 7) is 5.50. The van der Waals surface area contributed by atoms with E-state index in [4.69, 9.17) is 9.97 Å². The normalized spacial score (nSPS) is 14.6. The summed E-state index contributed by atoms with van der Waals surface area (Å²) in [5.74, 6) is 2.57. The van der Waals surface area contributed by atoms with E-state index in [9.17, 15) is 0 Å². The summed E-state index contributed by atoms with van der Waals surface area (Å²) in [5.41, 5.74) is 2.84. The van der Waals surface area contributed by atoms with Crippen LogP contribution in [0.5, 0.6) is 0 Å². The highest BCUT2D eigenvalue weighted by molar-refractivity contribution is 5.76. The summed E-state index contributed by atoms with van der Waals surface area (Å²) in [6, 6.07) is 13.8. The van der Waals surface area contributed by atoms with E-state index in [2.05, 4.69) is 25.1 Å². The van der Waals surface area contributed by atoms with Crippen molar-refractivity contribution in [2.75, 3.05) is 36.0 Å². The van der Waals surface area contributed by atoms with Crippen LogP contribution < -0.4 is 9.80 Å². The van der Waals surface area contributed by atoms with Gasteiger partial charge in [0.25, 0.3) is 0 Å². The molecule has 0 N–H and O–H groups in total. The van der Waals surface area contributed by atoms with Gasteiger partial charge in [-0.15, -0.1) is 10.2 Å². The Morgan fingerprint density at radius 2 is 1.43 bits per heavy atom. The maximum atomic E-state index is 4.84. The van der Waals surface area contributed by atoms with Crippen molar-refractivity contribution < 1.29 is 0 Å². The molecule has 0 unspecified atom stereocenters.